The summed E-state index contributed by atoms with van der Waals surface area (Å²) in [5.74, 6) is 1.25. The molecular weight excluding hydrogens is 394 g/mol. The number of rotatable bonds is 7. The third-order valence-electron chi connectivity index (χ3n) is 4.41. The number of methoxy groups -OCH3 is 1. The maximum Gasteiger partial charge on any atom is 0.319 e. The van der Waals surface area contributed by atoms with Crippen LogP contribution in [0.4, 0.5) is 8.78 Å². The first-order valence-electron chi connectivity index (χ1n) is 8.88. The van der Waals surface area contributed by atoms with Gasteiger partial charge in [-0.15, -0.1) is 0 Å². The van der Waals surface area contributed by atoms with Crippen molar-refractivity contribution < 1.29 is 13.5 Å². The van der Waals surface area contributed by atoms with Gasteiger partial charge in [0.15, 0.2) is 5.16 Å². The van der Waals surface area contributed by atoms with E-state index in [0.717, 1.165) is 21.5 Å². The van der Waals surface area contributed by atoms with Crippen molar-refractivity contribution in [2.75, 3.05) is 7.11 Å². The van der Waals surface area contributed by atoms with Crippen molar-refractivity contribution in [1.82, 2.24) is 19.1 Å². The quantitative estimate of drug-likeness (QED) is 0.380. The van der Waals surface area contributed by atoms with Crippen molar-refractivity contribution in [3.05, 3.63) is 79.0 Å². The fraction of sp³-hybridized carbons (Fsp3) is 0.143. The van der Waals surface area contributed by atoms with Crippen molar-refractivity contribution in [3.8, 4) is 22.7 Å². The molecule has 0 saturated carbocycles. The number of imidazole rings is 2. The van der Waals surface area contributed by atoms with E-state index in [2.05, 4.69) is 9.97 Å². The SMILES string of the molecule is COc1ccccc1-n1c(-c2ccccc2)cnc1SCc1nccn1C(F)F. The lowest BCUT2D eigenvalue weighted by Gasteiger charge is -2.15. The summed E-state index contributed by atoms with van der Waals surface area (Å²) in [5, 5.41) is 0.664. The molecule has 0 spiro atoms. The highest BCUT2D eigenvalue weighted by molar-refractivity contribution is 7.98. The third-order valence-corrected chi connectivity index (χ3v) is 5.36. The number of para-hydroxylation sites is 2. The Morgan fingerprint density at radius 1 is 1.03 bits per heavy atom. The number of nitrogens with zero attached hydrogens (tertiary/aromatic N) is 4. The zero-order valence-electron chi connectivity index (χ0n) is 15.6. The average Bonchev–Trinajstić information content (AvgIpc) is 3.39. The standard InChI is InChI=1S/C21H18F2N4OS/c1-28-18-10-6-5-9-16(18)27-17(15-7-3-2-4-8-15)13-25-21(27)29-14-19-24-11-12-26(19)20(22)23/h2-13,20H,14H2,1H3. The zero-order chi connectivity index (χ0) is 20.2. The number of aromatic nitrogens is 4. The van der Waals surface area contributed by atoms with Gasteiger partial charge in [-0.3, -0.25) is 9.13 Å². The Hall–Kier alpha value is -3.13. The fourth-order valence-corrected chi connectivity index (χ4v) is 3.99. The molecule has 0 amide bonds. The Morgan fingerprint density at radius 2 is 1.79 bits per heavy atom. The van der Waals surface area contributed by atoms with Crippen LogP contribution in [-0.4, -0.2) is 26.2 Å². The minimum absolute atomic E-state index is 0.262. The van der Waals surface area contributed by atoms with E-state index in [1.54, 1.807) is 13.3 Å². The minimum atomic E-state index is -2.62. The number of ether oxygens (including phenoxy) is 1. The largest absolute Gasteiger partial charge is 0.495 e. The van der Waals surface area contributed by atoms with Crippen molar-refractivity contribution in [3.63, 3.8) is 0 Å². The Balaban J connectivity index is 1.76. The van der Waals surface area contributed by atoms with Gasteiger partial charge in [0.25, 0.3) is 0 Å². The van der Waals surface area contributed by atoms with Crippen LogP contribution in [0, 0.1) is 0 Å². The van der Waals surface area contributed by atoms with Crippen LogP contribution >= 0.6 is 11.8 Å². The fourth-order valence-electron chi connectivity index (χ4n) is 3.06. The molecule has 4 aromatic rings. The van der Waals surface area contributed by atoms with Gasteiger partial charge in [-0.25, -0.2) is 9.97 Å². The predicted molar refractivity (Wildman–Crippen MR) is 109 cm³/mol. The molecule has 0 fully saturated rings. The minimum Gasteiger partial charge on any atom is -0.495 e. The first-order chi connectivity index (χ1) is 14.2. The summed E-state index contributed by atoms with van der Waals surface area (Å²) in [5.41, 5.74) is 2.70. The summed E-state index contributed by atoms with van der Waals surface area (Å²) in [6.07, 6.45) is 4.44. The second-order valence-electron chi connectivity index (χ2n) is 6.12. The maximum atomic E-state index is 13.1. The second-order valence-corrected chi connectivity index (χ2v) is 7.06. The lowest BCUT2D eigenvalue weighted by atomic mass is 10.1. The van der Waals surface area contributed by atoms with Gasteiger partial charge in [0.2, 0.25) is 0 Å². The van der Waals surface area contributed by atoms with Crippen molar-refractivity contribution in [1.29, 1.82) is 0 Å². The molecule has 0 unspecified atom stereocenters. The van der Waals surface area contributed by atoms with Gasteiger partial charge >= 0.3 is 6.55 Å². The molecule has 4 rings (SSSR count). The van der Waals surface area contributed by atoms with Crippen molar-refractivity contribution in [2.24, 2.45) is 0 Å². The monoisotopic (exact) mass is 412 g/mol. The number of hydrogen-bond acceptors (Lipinski definition) is 4. The molecule has 0 N–H and O–H groups in total. The van der Waals surface area contributed by atoms with Crippen molar-refractivity contribution in [2.45, 2.75) is 17.5 Å². The molecule has 2 aromatic heterocycles. The van der Waals surface area contributed by atoms with Crippen LogP contribution in [0.2, 0.25) is 0 Å². The van der Waals surface area contributed by atoms with Gasteiger partial charge in [0, 0.05) is 18.0 Å². The third kappa shape index (κ3) is 3.88. The lowest BCUT2D eigenvalue weighted by molar-refractivity contribution is 0.0678. The normalized spacial score (nSPS) is 11.2. The van der Waals surface area contributed by atoms with E-state index in [4.69, 9.17) is 4.74 Å². The Morgan fingerprint density at radius 3 is 2.55 bits per heavy atom. The average molecular weight is 412 g/mol. The van der Waals surface area contributed by atoms with E-state index < -0.39 is 6.55 Å². The highest BCUT2D eigenvalue weighted by atomic mass is 32.2. The molecule has 29 heavy (non-hydrogen) atoms. The van der Waals surface area contributed by atoms with Gasteiger partial charge in [-0.2, -0.15) is 8.78 Å². The summed E-state index contributed by atoms with van der Waals surface area (Å²) in [6, 6.07) is 17.5. The number of benzene rings is 2. The lowest BCUT2D eigenvalue weighted by Crippen LogP contribution is -2.04. The van der Waals surface area contributed by atoms with E-state index in [1.165, 1.54) is 24.2 Å². The van der Waals surface area contributed by atoms with Crippen LogP contribution in [-0.2, 0) is 5.75 Å². The summed E-state index contributed by atoms with van der Waals surface area (Å²) in [6.45, 7) is -2.62. The van der Waals surface area contributed by atoms with Gasteiger partial charge in [-0.05, 0) is 12.1 Å². The van der Waals surface area contributed by atoms with E-state index >= 15 is 0 Å². The van der Waals surface area contributed by atoms with Crippen LogP contribution in [0.3, 0.4) is 0 Å². The van der Waals surface area contributed by atoms with E-state index in [9.17, 15) is 8.78 Å². The van der Waals surface area contributed by atoms with Gasteiger partial charge in [-0.1, -0.05) is 54.2 Å². The van der Waals surface area contributed by atoms with Gasteiger partial charge in [0.1, 0.15) is 11.6 Å². The molecule has 2 aromatic carbocycles. The number of halogens is 2. The first-order valence-corrected chi connectivity index (χ1v) is 9.87. The van der Waals surface area contributed by atoms with Crippen LogP contribution in [0.5, 0.6) is 5.75 Å². The van der Waals surface area contributed by atoms with Gasteiger partial charge in [0.05, 0.1) is 30.4 Å². The topological polar surface area (TPSA) is 44.9 Å². The Bertz CT molecular complexity index is 1100. The van der Waals surface area contributed by atoms with Crippen LogP contribution in [0.15, 0.2) is 78.3 Å². The highest BCUT2D eigenvalue weighted by Crippen LogP contribution is 2.34. The van der Waals surface area contributed by atoms with E-state index in [-0.39, 0.29) is 5.75 Å². The predicted octanol–water partition coefficient (Wildman–Crippen LogP) is 5.43. The molecule has 148 valence electrons. The molecule has 5 nitrogen and oxygen atoms in total. The Labute approximate surface area is 171 Å². The number of thioether (sulfide) groups is 1. The molecule has 2 heterocycles. The van der Waals surface area contributed by atoms with E-state index in [0.29, 0.717) is 16.7 Å². The van der Waals surface area contributed by atoms with Crippen molar-refractivity contribution >= 4 is 11.8 Å². The molecule has 0 bridgehead atoms. The van der Waals surface area contributed by atoms with Crippen LogP contribution < -0.4 is 4.74 Å². The number of hydrogen-bond donors (Lipinski definition) is 0. The summed E-state index contributed by atoms with van der Waals surface area (Å²) in [7, 11) is 1.62. The molecule has 0 aliphatic heterocycles. The summed E-state index contributed by atoms with van der Waals surface area (Å²) >= 11 is 1.35. The second kappa shape index (κ2) is 8.48. The van der Waals surface area contributed by atoms with Crippen LogP contribution in [0.1, 0.15) is 12.4 Å². The summed E-state index contributed by atoms with van der Waals surface area (Å²) in [4.78, 5) is 8.62. The molecule has 0 saturated heterocycles. The summed E-state index contributed by atoms with van der Waals surface area (Å²) < 4.78 is 34.6. The smallest absolute Gasteiger partial charge is 0.319 e. The van der Waals surface area contributed by atoms with Gasteiger partial charge < -0.3 is 4.74 Å². The highest BCUT2D eigenvalue weighted by Gasteiger charge is 2.18. The van der Waals surface area contributed by atoms with E-state index in [1.807, 2.05) is 59.2 Å². The molecule has 0 aliphatic carbocycles. The molecular formula is C21H18F2N4OS. The molecule has 0 atom stereocenters. The van der Waals surface area contributed by atoms with Crippen LogP contribution in [0.25, 0.3) is 16.9 Å². The maximum absolute atomic E-state index is 13.1. The molecule has 0 aliphatic rings. The molecule has 0 radical (unpaired) electrons. The zero-order valence-corrected chi connectivity index (χ0v) is 16.4. The Kier molecular flexibility index (Phi) is 5.62. The molecule has 8 heteroatoms. The number of alkyl halides is 2. The first kappa shape index (κ1) is 19.2.